The van der Waals surface area contributed by atoms with E-state index in [-0.39, 0.29) is 0 Å². The standard InChI is InChI=1S/C7H14O6/c1-12-6-4(9)3(2-8)13-7(11)5(6)10/h3-11H,2H2,1H3/t3-,4+,5-,6+,7-/m1/s1. The lowest BCUT2D eigenvalue weighted by molar-refractivity contribution is -0.290. The van der Waals surface area contributed by atoms with E-state index in [4.69, 9.17) is 19.7 Å². The van der Waals surface area contributed by atoms with Crippen molar-refractivity contribution in [3.63, 3.8) is 0 Å². The molecule has 0 unspecified atom stereocenters. The fraction of sp³-hybridized carbons (Fsp3) is 1.00. The maximum atomic E-state index is 9.44. The van der Waals surface area contributed by atoms with Crippen molar-refractivity contribution in [1.29, 1.82) is 0 Å². The second-order valence-corrected chi connectivity index (χ2v) is 2.93. The summed E-state index contributed by atoms with van der Waals surface area (Å²) in [4.78, 5) is 0. The molecule has 6 heteroatoms. The highest BCUT2D eigenvalue weighted by molar-refractivity contribution is 4.89. The lowest BCUT2D eigenvalue weighted by Gasteiger charge is -2.39. The monoisotopic (exact) mass is 194 g/mol. The van der Waals surface area contributed by atoms with Gasteiger partial charge in [0.1, 0.15) is 24.4 Å². The summed E-state index contributed by atoms with van der Waals surface area (Å²) in [6.07, 6.45) is -5.76. The van der Waals surface area contributed by atoms with Crippen LogP contribution in [-0.4, -0.2) is 64.8 Å². The quantitative estimate of drug-likeness (QED) is 0.386. The molecule has 0 spiro atoms. The fourth-order valence-electron chi connectivity index (χ4n) is 1.35. The zero-order valence-corrected chi connectivity index (χ0v) is 7.20. The highest BCUT2D eigenvalue weighted by Gasteiger charge is 2.43. The zero-order chi connectivity index (χ0) is 10.0. The molecule has 4 N–H and O–H groups in total. The molecule has 1 aliphatic rings. The van der Waals surface area contributed by atoms with E-state index < -0.39 is 37.3 Å². The summed E-state index contributed by atoms with van der Waals surface area (Å²) >= 11 is 0. The van der Waals surface area contributed by atoms with Crippen molar-refractivity contribution < 1.29 is 29.9 Å². The van der Waals surface area contributed by atoms with Crippen LogP contribution in [0.15, 0.2) is 0 Å². The number of rotatable bonds is 2. The van der Waals surface area contributed by atoms with Crippen molar-refractivity contribution in [3.8, 4) is 0 Å². The lowest BCUT2D eigenvalue weighted by Crippen LogP contribution is -2.59. The smallest absolute Gasteiger partial charge is 0.184 e. The molecule has 0 amide bonds. The molecular formula is C7H14O6. The van der Waals surface area contributed by atoms with Crippen LogP contribution >= 0.6 is 0 Å². The van der Waals surface area contributed by atoms with Gasteiger partial charge in [0.2, 0.25) is 0 Å². The maximum Gasteiger partial charge on any atom is 0.184 e. The van der Waals surface area contributed by atoms with Crippen LogP contribution in [0.5, 0.6) is 0 Å². The molecule has 0 radical (unpaired) electrons. The van der Waals surface area contributed by atoms with Gasteiger partial charge in [-0.2, -0.15) is 0 Å². The number of hydrogen-bond acceptors (Lipinski definition) is 6. The first kappa shape index (κ1) is 10.8. The molecule has 5 atom stereocenters. The molecule has 1 heterocycles. The Labute approximate surface area is 75.3 Å². The molecule has 6 nitrogen and oxygen atoms in total. The molecule has 13 heavy (non-hydrogen) atoms. The Hall–Kier alpha value is -0.240. The number of hydrogen-bond donors (Lipinski definition) is 4. The Kier molecular flexibility index (Phi) is 3.60. The molecule has 0 aromatic heterocycles. The van der Waals surface area contributed by atoms with E-state index >= 15 is 0 Å². The molecule has 1 fully saturated rings. The van der Waals surface area contributed by atoms with Crippen LogP contribution in [0.25, 0.3) is 0 Å². The summed E-state index contributed by atoms with van der Waals surface area (Å²) in [7, 11) is 1.30. The van der Waals surface area contributed by atoms with Gasteiger partial charge in [-0.3, -0.25) is 0 Å². The van der Waals surface area contributed by atoms with E-state index in [1.807, 2.05) is 0 Å². The zero-order valence-electron chi connectivity index (χ0n) is 7.20. The van der Waals surface area contributed by atoms with Crippen LogP contribution in [0.3, 0.4) is 0 Å². The molecule has 0 aromatic carbocycles. The highest BCUT2D eigenvalue weighted by Crippen LogP contribution is 2.21. The first-order valence-corrected chi connectivity index (χ1v) is 3.95. The van der Waals surface area contributed by atoms with Crippen LogP contribution in [0, 0.1) is 0 Å². The van der Waals surface area contributed by atoms with Gasteiger partial charge in [-0.05, 0) is 0 Å². The Balaban J connectivity index is 2.69. The van der Waals surface area contributed by atoms with Crippen LogP contribution < -0.4 is 0 Å². The van der Waals surface area contributed by atoms with Gasteiger partial charge < -0.3 is 29.9 Å². The molecule has 0 aliphatic carbocycles. The van der Waals surface area contributed by atoms with Gasteiger partial charge in [0.05, 0.1) is 6.61 Å². The Morgan fingerprint density at radius 2 is 1.85 bits per heavy atom. The van der Waals surface area contributed by atoms with E-state index in [1.54, 1.807) is 0 Å². The highest BCUT2D eigenvalue weighted by atomic mass is 16.6. The number of methoxy groups -OCH3 is 1. The summed E-state index contributed by atoms with van der Waals surface area (Å²) in [5, 5.41) is 36.6. The molecule has 78 valence electrons. The third kappa shape index (κ3) is 1.98. The largest absolute Gasteiger partial charge is 0.394 e. The number of aliphatic hydroxyl groups is 4. The lowest BCUT2D eigenvalue weighted by atomic mass is 9.99. The van der Waals surface area contributed by atoms with E-state index in [2.05, 4.69) is 0 Å². The van der Waals surface area contributed by atoms with Crippen LogP contribution in [0.1, 0.15) is 0 Å². The van der Waals surface area contributed by atoms with E-state index in [1.165, 1.54) is 7.11 Å². The average molecular weight is 194 g/mol. The molecule has 0 aromatic rings. The minimum Gasteiger partial charge on any atom is -0.394 e. The number of ether oxygens (including phenoxy) is 2. The summed E-state index contributed by atoms with van der Waals surface area (Å²) in [6.45, 7) is -0.440. The predicted octanol–water partition coefficient (Wildman–Crippen LogP) is -2.57. The van der Waals surface area contributed by atoms with Gasteiger partial charge >= 0.3 is 0 Å². The van der Waals surface area contributed by atoms with Crippen molar-refractivity contribution in [1.82, 2.24) is 0 Å². The topological polar surface area (TPSA) is 99.4 Å². The van der Waals surface area contributed by atoms with Gasteiger partial charge in [-0.1, -0.05) is 0 Å². The Bertz CT molecular complexity index is 163. The molecule has 0 bridgehead atoms. The first-order chi connectivity index (χ1) is 6.11. The molecular weight excluding hydrogens is 180 g/mol. The molecule has 1 rings (SSSR count). The summed E-state index contributed by atoms with van der Waals surface area (Å²) < 4.78 is 9.48. The minimum atomic E-state index is -1.44. The van der Waals surface area contributed by atoms with Crippen LogP contribution in [0.4, 0.5) is 0 Å². The molecule has 1 aliphatic heterocycles. The van der Waals surface area contributed by atoms with Gasteiger partial charge in [-0.15, -0.1) is 0 Å². The molecule has 1 saturated heterocycles. The maximum absolute atomic E-state index is 9.44. The minimum absolute atomic E-state index is 0.440. The van der Waals surface area contributed by atoms with E-state index in [0.29, 0.717) is 0 Å². The van der Waals surface area contributed by atoms with Gasteiger partial charge in [0, 0.05) is 7.11 Å². The SMILES string of the molecule is CO[C@@H]1[C@@H](O)[C@H](O)O[C@H](CO)[C@@H]1O. The summed E-state index contributed by atoms with van der Waals surface area (Å²) in [5.74, 6) is 0. The second-order valence-electron chi connectivity index (χ2n) is 2.93. The Morgan fingerprint density at radius 3 is 2.31 bits per heavy atom. The van der Waals surface area contributed by atoms with Crippen molar-refractivity contribution >= 4 is 0 Å². The van der Waals surface area contributed by atoms with Gasteiger partial charge in [-0.25, -0.2) is 0 Å². The normalized spacial score (nSPS) is 46.4. The van der Waals surface area contributed by atoms with Crippen molar-refractivity contribution in [2.45, 2.75) is 30.7 Å². The molecule has 0 saturated carbocycles. The third-order valence-electron chi connectivity index (χ3n) is 2.11. The number of aliphatic hydroxyl groups excluding tert-OH is 4. The van der Waals surface area contributed by atoms with Crippen molar-refractivity contribution in [2.24, 2.45) is 0 Å². The van der Waals surface area contributed by atoms with Crippen LogP contribution in [0.2, 0.25) is 0 Å². The fourth-order valence-corrected chi connectivity index (χ4v) is 1.35. The summed E-state index contributed by atoms with van der Waals surface area (Å²) in [6, 6.07) is 0. The van der Waals surface area contributed by atoms with Gasteiger partial charge in [0.15, 0.2) is 6.29 Å². The third-order valence-corrected chi connectivity index (χ3v) is 2.11. The summed E-state index contributed by atoms with van der Waals surface area (Å²) in [5.41, 5.74) is 0. The van der Waals surface area contributed by atoms with Crippen molar-refractivity contribution in [3.05, 3.63) is 0 Å². The van der Waals surface area contributed by atoms with Gasteiger partial charge in [0.25, 0.3) is 0 Å². The Morgan fingerprint density at radius 1 is 1.23 bits per heavy atom. The van der Waals surface area contributed by atoms with Crippen LogP contribution in [-0.2, 0) is 9.47 Å². The predicted molar refractivity (Wildman–Crippen MR) is 40.8 cm³/mol. The first-order valence-electron chi connectivity index (χ1n) is 3.95. The average Bonchev–Trinajstić information content (AvgIpc) is 2.12. The van der Waals surface area contributed by atoms with E-state index in [9.17, 15) is 10.2 Å². The van der Waals surface area contributed by atoms with Crippen molar-refractivity contribution in [2.75, 3.05) is 13.7 Å². The second kappa shape index (κ2) is 4.32. The van der Waals surface area contributed by atoms with E-state index in [0.717, 1.165) is 0 Å².